The summed E-state index contributed by atoms with van der Waals surface area (Å²) in [5, 5.41) is 25.5. The van der Waals surface area contributed by atoms with Crippen LogP contribution in [-0.2, 0) is 17.1 Å². The minimum Gasteiger partial charge on any atom is -0.360 e. The Labute approximate surface area is 192 Å². The van der Waals surface area contributed by atoms with Crippen LogP contribution < -0.4 is 5.32 Å². The number of hydrogen-bond donors (Lipinski definition) is 3. The zero-order valence-corrected chi connectivity index (χ0v) is 18.6. The third kappa shape index (κ3) is 6.18. The van der Waals surface area contributed by atoms with Gasteiger partial charge >= 0.3 is 0 Å². The number of likely N-dealkylation sites (tertiary alicyclic amines) is 1. The van der Waals surface area contributed by atoms with Gasteiger partial charge in [-0.1, -0.05) is 29.3 Å². The number of aliphatic hydroxyl groups is 2. The first-order valence-electron chi connectivity index (χ1n) is 8.71. The van der Waals surface area contributed by atoms with Gasteiger partial charge in [0.05, 0.1) is 10.0 Å². The summed E-state index contributed by atoms with van der Waals surface area (Å²) in [4.78, 5) is 18.5. The fraction of sp³-hybridized carbons (Fsp3) is 0.368. The number of aromatic nitrogens is 1. The lowest BCUT2D eigenvalue weighted by molar-refractivity contribution is -0.200. The monoisotopic (exact) mass is 481 g/mol. The normalized spacial score (nSPS) is 14.7. The third-order valence-electron chi connectivity index (χ3n) is 4.67. The second kappa shape index (κ2) is 11.3. The van der Waals surface area contributed by atoms with Crippen molar-refractivity contribution in [3.63, 3.8) is 0 Å². The van der Waals surface area contributed by atoms with E-state index >= 15 is 0 Å². The van der Waals surface area contributed by atoms with E-state index in [-0.39, 0.29) is 42.8 Å². The van der Waals surface area contributed by atoms with Gasteiger partial charge < -0.3 is 15.1 Å². The minimum atomic E-state index is -2.39. The third-order valence-corrected chi connectivity index (χ3v) is 5.41. The number of rotatable bonds is 6. The Bertz CT molecular complexity index is 803. The standard InChI is InChI=1S/C19H21Cl2N3O3.2ClH/c20-15-4-3-13(11-16(15)21)12-23-17(18(25)24-9-1-2-10-24)19(26,27)14-5-7-22-8-6-14;;/h3-8,11,17,23,26-27H,1-2,9-10,12H2;2*1H/t17-;;/m1../s1. The van der Waals surface area contributed by atoms with Crippen LogP contribution in [-0.4, -0.2) is 45.1 Å². The van der Waals surface area contributed by atoms with Crippen molar-refractivity contribution in [3.8, 4) is 0 Å². The van der Waals surface area contributed by atoms with E-state index in [9.17, 15) is 15.0 Å². The number of halogens is 4. The molecule has 1 saturated heterocycles. The first-order chi connectivity index (χ1) is 12.9. The van der Waals surface area contributed by atoms with Crippen LogP contribution in [0.2, 0.25) is 10.0 Å². The number of nitrogens with zero attached hydrogens (tertiary/aromatic N) is 2. The SMILES string of the molecule is Cl.Cl.O=C([C@@H](NCc1ccc(Cl)c(Cl)c1)C(O)(O)c1ccncc1)N1CCCC1. The van der Waals surface area contributed by atoms with Gasteiger partial charge in [0.1, 0.15) is 6.04 Å². The highest BCUT2D eigenvalue weighted by molar-refractivity contribution is 6.42. The Balaban J connectivity index is 0.00000210. The molecule has 3 rings (SSSR count). The molecule has 29 heavy (non-hydrogen) atoms. The molecule has 0 bridgehead atoms. The number of carbonyl (C=O) groups is 1. The molecule has 0 aliphatic carbocycles. The average Bonchev–Trinajstić information content (AvgIpc) is 3.20. The van der Waals surface area contributed by atoms with Crippen LogP contribution >= 0.6 is 48.0 Å². The van der Waals surface area contributed by atoms with Crippen molar-refractivity contribution in [2.45, 2.75) is 31.2 Å². The Morgan fingerprint density at radius 1 is 1.10 bits per heavy atom. The first kappa shape index (κ1) is 25.9. The Hall–Kier alpha value is -1.12. The molecule has 10 heteroatoms. The average molecular weight is 483 g/mol. The fourth-order valence-electron chi connectivity index (χ4n) is 3.16. The van der Waals surface area contributed by atoms with Gasteiger partial charge in [0.15, 0.2) is 0 Å². The molecule has 1 aliphatic rings. The van der Waals surface area contributed by atoms with Gasteiger partial charge in [0.2, 0.25) is 11.7 Å². The van der Waals surface area contributed by atoms with E-state index in [4.69, 9.17) is 23.2 Å². The highest BCUT2D eigenvalue weighted by Gasteiger charge is 2.43. The maximum Gasteiger partial charge on any atom is 0.245 e. The molecule has 1 aromatic carbocycles. The van der Waals surface area contributed by atoms with Gasteiger partial charge in [-0.15, -0.1) is 24.8 Å². The van der Waals surface area contributed by atoms with Gasteiger partial charge in [-0.05, 0) is 42.7 Å². The smallest absolute Gasteiger partial charge is 0.245 e. The molecule has 0 unspecified atom stereocenters. The van der Waals surface area contributed by atoms with Crippen LogP contribution in [0.5, 0.6) is 0 Å². The molecule has 160 valence electrons. The van der Waals surface area contributed by atoms with Crippen molar-refractivity contribution >= 4 is 53.9 Å². The maximum absolute atomic E-state index is 13.0. The Morgan fingerprint density at radius 3 is 2.31 bits per heavy atom. The van der Waals surface area contributed by atoms with E-state index in [0.29, 0.717) is 23.1 Å². The summed E-state index contributed by atoms with van der Waals surface area (Å²) >= 11 is 12.0. The predicted octanol–water partition coefficient (Wildman–Crippen LogP) is 3.15. The van der Waals surface area contributed by atoms with Gasteiger partial charge in [0.25, 0.3) is 0 Å². The van der Waals surface area contributed by atoms with Gasteiger partial charge in [-0.3, -0.25) is 15.1 Å². The van der Waals surface area contributed by atoms with Gasteiger partial charge in [0, 0.05) is 37.6 Å². The zero-order valence-electron chi connectivity index (χ0n) is 15.4. The lowest BCUT2D eigenvalue weighted by Gasteiger charge is -2.34. The van der Waals surface area contributed by atoms with Crippen molar-refractivity contribution in [2.24, 2.45) is 0 Å². The molecule has 1 fully saturated rings. The summed E-state index contributed by atoms with van der Waals surface area (Å²) in [7, 11) is 0. The molecule has 1 amide bonds. The Kier molecular flexibility index (Phi) is 10.1. The van der Waals surface area contributed by atoms with Crippen molar-refractivity contribution in [1.82, 2.24) is 15.2 Å². The lowest BCUT2D eigenvalue weighted by atomic mass is 9.97. The minimum absolute atomic E-state index is 0. The van der Waals surface area contributed by atoms with Crippen LogP contribution in [0.1, 0.15) is 24.0 Å². The topological polar surface area (TPSA) is 85.7 Å². The number of amides is 1. The summed E-state index contributed by atoms with van der Waals surface area (Å²) in [5.41, 5.74) is 0.964. The van der Waals surface area contributed by atoms with Crippen LogP contribution in [0, 0.1) is 0 Å². The van der Waals surface area contributed by atoms with E-state index in [1.165, 1.54) is 24.5 Å². The number of benzene rings is 1. The van der Waals surface area contributed by atoms with Gasteiger partial charge in [-0.2, -0.15) is 0 Å². The van der Waals surface area contributed by atoms with E-state index in [1.54, 1.807) is 23.1 Å². The lowest BCUT2D eigenvalue weighted by Crippen LogP contribution is -2.57. The quantitative estimate of drug-likeness (QED) is 0.550. The molecule has 1 aliphatic heterocycles. The van der Waals surface area contributed by atoms with Crippen molar-refractivity contribution in [1.29, 1.82) is 0 Å². The van der Waals surface area contributed by atoms with Crippen LogP contribution in [0.4, 0.5) is 0 Å². The largest absolute Gasteiger partial charge is 0.360 e. The summed E-state index contributed by atoms with van der Waals surface area (Å²) < 4.78 is 0. The molecular formula is C19H23Cl4N3O3. The highest BCUT2D eigenvalue weighted by Crippen LogP contribution is 2.26. The van der Waals surface area contributed by atoms with Crippen molar-refractivity contribution in [2.75, 3.05) is 13.1 Å². The zero-order chi connectivity index (χ0) is 19.4. The van der Waals surface area contributed by atoms with Gasteiger partial charge in [-0.25, -0.2) is 0 Å². The summed E-state index contributed by atoms with van der Waals surface area (Å²) in [6.45, 7) is 1.43. The van der Waals surface area contributed by atoms with Crippen LogP contribution in [0.15, 0.2) is 42.7 Å². The van der Waals surface area contributed by atoms with Crippen molar-refractivity contribution in [3.05, 3.63) is 63.9 Å². The molecule has 0 spiro atoms. The highest BCUT2D eigenvalue weighted by atomic mass is 35.5. The van der Waals surface area contributed by atoms with E-state index in [0.717, 1.165) is 18.4 Å². The fourth-order valence-corrected chi connectivity index (χ4v) is 3.48. The Morgan fingerprint density at radius 2 is 1.72 bits per heavy atom. The van der Waals surface area contributed by atoms with Crippen molar-refractivity contribution < 1.29 is 15.0 Å². The number of pyridine rings is 1. The van der Waals surface area contributed by atoms with E-state index in [1.807, 2.05) is 0 Å². The predicted molar refractivity (Wildman–Crippen MR) is 118 cm³/mol. The maximum atomic E-state index is 13.0. The number of hydrogen-bond acceptors (Lipinski definition) is 5. The second-order valence-corrected chi connectivity index (χ2v) is 7.37. The van der Waals surface area contributed by atoms with Crippen LogP contribution in [0.3, 0.4) is 0 Å². The molecule has 0 radical (unpaired) electrons. The first-order valence-corrected chi connectivity index (χ1v) is 9.46. The summed E-state index contributed by atoms with van der Waals surface area (Å²) in [6.07, 6.45) is 4.72. The molecule has 2 heterocycles. The number of carbonyl (C=O) groups excluding carboxylic acids is 1. The molecule has 3 N–H and O–H groups in total. The molecule has 6 nitrogen and oxygen atoms in total. The second-order valence-electron chi connectivity index (χ2n) is 6.56. The van der Waals surface area contributed by atoms with Crippen LogP contribution in [0.25, 0.3) is 0 Å². The van der Waals surface area contributed by atoms with E-state index < -0.39 is 11.8 Å². The molecular weight excluding hydrogens is 460 g/mol. The molecule has 0 saturated carbocycles. The molecule has 1 aromatic heterocycles. The molecule has 2 aromatic rings. The molecule has 1 atom stereocenters. The summed E-state index contributed by atoms with van der Waals surface area (Å²) in [5.74, 6) is -2.74. The number of nitrogens with one attached hydrogen (secondary N) is 1. The van der Waals surface area contributed by atoms with E-state index in [2.05, 4.69) is 10.3 Å². The summed E-state index contributed by atoms with van der Waals surface area (Å²) in [6, 6.07) is 6.81.